The largest absolute Gasteiger partial charge is 0.454 e. The number of ether oxygens (including phenoxy) is 2. The molecule has 122 valence electrons. The third kappa shape index (κ3) is 3.06. The van der Waals surface area contributed by atoms with E-state index in [-0.39, 0.29) is 24.8 Å². The van der Waals surface area contributed by atoms with Gasteiger partial charge in [-0.3, -0.25) is 4.79 Å². The van der Waals surface area contributed by atoms with Gasteiger partial charge in [0.2, 0.25) is 6.79 Å². The van der Waals surface area contributed by atoms with Gasteiger partial charge in [-0.1, -0.05) is 0 Å². The average Bonchev–Trinajstić information content (AvgIpc) is 3.14. The smallest absolute Gasteiger partial charge is 0.264 e. The van der Waals surface area contributed by atoms with Crippen molar-refractivity contribution in [1.82, 2.24) is 4.90 Å². The molecule has 0 radical (unpaired) electrons. The topological polar surface area (TPSA) is 38.8 Å². The van der Waals surface area contributed by atoms with E-state index in [4.69, 9.17) is 9.47 Å². The Hall–Kier alpha value is -2.01. The Kier molecular flexibility index (Phi) is 4.31. The van der Waals surface area contributed by atoms with E-state index in [2.05, 4.69) is 0 Å². The van der Waals surface area contributed by atoms with E-state index in [1.807, 2.05) is 62.9 Å². The van der Waals surface area contributed by atoms with Crippen LogP contribution in [-0.4, -0.2) is 29.7 Å². The van der Waals surface area contributed by atoms with Crippen LogP contribution >= 0.6 is 11.3 Å². The lowest BCUT2D eigenvalue weighted by atomic mass is 10.1. The molecule has 4 nitrogen and oxygen atoms in total. The Morgan fingerprint density at radius 2 is 1.74 bits per heavy atom. The Morgan fingerprint density at radius 1 is 1.04 bits per heavy atom. The van der Waals surface area contributed by atoms with E-state index in [1.54, 1.807) is 0 Å². The van der Waals surface area contributed by atoms with E-state index in [0.717, 1.165) is 26.8 Å². The minimum Gasteiger partial charge on any atom is -0.454 e. The van der Waals surface area contributed by atoms with Gasteiger partial charge in [0.1, 0.15) is 0 Å². The summed E-state index contributed by atoms with van der Waals surface area (Å²) in [6, 6.07) is 10.1. The molecule has 1 aromatic heterocycles. The van der Waals surface area contributed by atoms with Crippen LogP contribution in [0, 0.1) is 0 Å². The number of hydrogen-bond acceptors (Lipinski definition) is 4. The van der Waals surface area contributed by atoms with Crippen molar-refractivity contribution in [2.45, 2.75) is 39.8 Å². The molecule has 0 N–H and O–H groups in total. The van der Waals surface area contributed by atoms with Gasteiger partial charge in [-0.2, -0.15) is 0 Å². The molecule has 1 aliphatic rings. The summed E-state index contributed by atoms with van der Waals surface area (Å²) in [6.45, 7) is 8.45. The first-order valence-corrected chi connectivity index (χ1v) is 8.61. The van der Waals surface area contributed by atoms with Crippen LogP contribution in [0.5, 0.6) is 11.5 Å². The van der Waals surface area contributed by atoms with Crippen molar-refractivity contribution in [1.29, 1.82) is 0 Å². The van der Waals surface area contributed by atoms with Gasteiger partial charge in [-0.15, -0.1) is 11.3 Å². The number of carbonyl (C=O) groups excluding carboxylic acids is 1. The van der Waals surface area contributed by atoms with E-state index >= 15 is 0 Å². The quantitative estimate of drug-likeness (QED) is 0.833. The van der Waals surface area contributed by atoms with Gasteiger partial charge < -0.3 is 14.4 Å². The summed E-state index contributed by atoms with van der Waals surface area (Å²) in [5.41, 5.74) is 1.04. The van der Waals surface area contributed by atoms with Crippen LogP contribution in [0.4, 0.5) is 0 Å². The van der Waals surface area contributed by atoms with Gasteiger partial charge >= 0.3 is 0 Å². The average molecular weight is 331 g/mol. The summed E-state index contributed by atoms with van der Waals surface area (Å²) >= 11 is 1.52. The molecule has 2 heterocycles. The minimum absolute atomic E-state index is 0.0898. The third-order valence-corrected chi connectivity index (χ3v) is 4.94. The lowest BCUT2D eigenvalue weighted by Crippen LogP contribution is -2.41. The molecular weight excluding hydrogens is 310 g/mol. The summed E-state index contributed by atoms with van der Waals surface area (Å²) in [5, 5.41) is 0. The Labute approximate surface area is 140 Å². The Balaban J connectivity index is 1.87. The molecule has 0 bridgehead atoms. The highest BCUT2D eigenvalue weighted by Crippen LogP contribution is 2.38. The maximum atomic E-state index is 12.8. The van der Waals surface area contributed by atoms with Gasteiger partial charge in [-0.05, 0) is 63.6 Å². The van der Waals surface area contributed by atoms with Crippen molar-refractivity contribution in [2.75, 3.05) is 6.79 Å². The fourth-order valence-electron chi connectivity index (χ4n) is 2.85. The maximum Gasteiger partial charge on any atom is 0.264 e. The van der Waals surface area contributed by atoms with E-state index in [0.29, 0.717) is 0 Å². The molecule has 0 spiro atoms. The summed E-state index contributed by atoms with van der Waals surface area (Å²) in [6.07, 6.45) is 0. The van der Waals surface area contributed by atoms with Crippen LogP contribution in [0.25, 0.3) is 10.4 Å². The van der Waals surface area contributed by atoms with Crippen LogP contribution in [0.15, 0.2) is 30.3 Å². The molecule has 0 saturated carbocycles. The van der Waals surface area contributed by atoms with Crippen LogP contribution in [-0.2, 0) is 0 Å². The number of amides is 1. The minimum atomic E-state index is 0.0898. The van der Waals surface area contributed by atoms with E-state index in [1.165, 1.54) is 11.3 Å². The number of hydrogen-bond donors (Lipinski definition) is 0. The number of rotatable bonds is 4. The van der Waals surface area contributed by atoms with Crippen LogP contribution < -0.4 is 9.47 Å². The predicted molar refractivity (Wildman–Crippen MR) is 92.3 cm³/mol. The molecule has 0 unspecified atom stereocenters. The number of nitrogens with zero attached hydrogens (tertiary/aromatic N) is 1. The second-order valence-corrected chi connectivity index (χ2v) is 7.22. The van der Waals surface area contributed by atoms with Gasteiger partial charge in [0.05, 0.1) is 4.88 Å². The molecule has 23 heavy (non-hydrogen) atoms. The van der Waals surface area contributed by atoms with E-state index < -0.39 is 0 Å². The lowest BCUT2D eigenvalue weighted by Gasteiger charge is -2.30. The number of carbonyl (C=O) groups is 1. The first kappa shape index (κ1) is 15.9. The summed E-state index contributed by atoms with van der Waals surface area (Å²) in [5.74, 6) is 1.62. The molecule has 1 amide bonds. The monoisotopic (exact) mass is 331 g/mol. The van der Waals surface area contributed by atoms with Crippen molar-refractivity contribution in [3.05, 3.63) is 35.2 Å². The second-order valence-electron chi connectivity index (χ2n) is 6.13. The highest BCUT2D eigenvalue weighted by Gasteiger charge is 2.23. The van der Waals surface area contributed by atoms with Crippen molar-refractivity contribution in [3.8, 4) is 21.9 Å². The summed E-state index contributed by atoms with van der Waals surface area (Å²) in [4.78, 5) is 16.5. The predicted octanol–water partition coefficient (Wildman–Crippen LogP) is 4.40. The summed E-state index contributed by atoms with van der Waals surface area (Å²) < 4.78 is 10.8. The zero-order valence-electron chi connectivity index (χ0n) is 13.8. The highest BCUT2D eigenvalue weighted by molar-refractivity contribution is 7.17. The first-order chi connectivity index (χ1) is 11.0. The fraction of sp³-hybridized carbons (Fsp3) is 0.389. The van der Waals surface area contributed by atoms with Crippen molar-refractivity contribution >= 4 is 17.2 Å². The zero-order valence-corrected chi connectivity index (χ0v) is 14.6. The molecule has 0 aliphatic carbocycles. The Morgan fingerprint density at radius 3 is 2.43 bits per heavy atom. The Bertz CT molecular complexity index is 713. The number of benzene rings is 1. The molecule has 1 aromatic carbocycles. The molecule has 3 rings (SSSR count). The highest BCUT2D eigenvalue weighted by atomic mass is 32.1. The van der Waals surface area contributed by atoms with Crippen LogP contribution in [0.1, 0.15) is 37.4 Å². The molecule has 0 saturated heterocycles. The number of thiophene rings is 1. The lowest BCUT2D eigenvalue weighted by molar-refractivity contribution is 0.0649. The molecule has 5 heteroatoms. The SMILES string of the molecule is CC(C)N(C(=O)c1ccc(-c2ccc3c(c2)OCO3)s1)C(C)C. The second kappa shape index (κ2) is 6.24. The normalized spacial score (nSPS) is 13.0. The zero-order chi connectivity index (χ0) is 16.6. The summed E-state index contributed by atoms with van der Waals surface area (Å²) in [7, 11) is 0. The van der Waals surface area contributed by atoms with E-state index in [9.17, 15) is 4.79 Å². The van der Waals surface area contributed by atoms with Crippen LogP contribution in [0.3, 0.4) is 0 Å². The van der Waals surface area contributed by atoms with Crippen LogP contribution in [0.2, 0.25) is 0 Å². The molecular formula is C18H21NO3S. The standard InChI is InChI=1S/C18H21NO3S/c1-11(2)19(12(3)4)18(20)17-8-7-16(23-17)13-5-6-14-15(9-13)22-10-21-14/h5-9,11-12H,10H2,1-4H3. The molecule has 1 aliphatic heterocycles. The van der Waals surface area contributed by atoms with Crippen molar-refractivity contribution < 1.29 is 14.3 Å². The maximum absolute atomic E-state index is 12.8. The molecule has 0 atom stereocenters. The third-order valence-electron chi connectivity index (χ3n) is 3.82. The van der Waals surface area contributed by atoms with Crippen molar-refractivity contribution in [2.24, 2.45) is 0 Å². The van der Waals surface area contributed by atoms with Gasteiger partial charge in [0.25, 0.3) is 5.91 Å². The van der Waals surface area contributed by atoms with Gasteiger partial charge in [-0.25, -0.2) is 0 Å². The molecule has 2 aromatic rings. The number of fused-ring (bicyclic) bond motifs is 1. The fourth-order valence-corrected chi connectivity index (χ4v) is 3.80. The van der Waals surface area contributed by atoms with Gasteiger partial charge in [0, 0.05) is 17.0 Å². The van der Waals surface area contributed by atoms with Gasteiger partial charge in [0.15, 0.2) is 11.5 Å². The molecule has 0 fully saturated rings. The first-order valence-electron chi connectivity index (χ1n) is 7.80. The van der Waals surface area contributed by atoms with Crippen molar-refractivity contribution in [3.63, 3.8) is 0 Å².